The number of hydrogen-bond acceptors (Lipinski definition) is 7. The van der Waals surface area contributed by atoms with Gasteiger partial charge < -0.3 is 9.47 Å². The van der Waals surface area contributed by atoms with Crippen LogP contribution in [0.15, 0.2) is 70.8 Å². The molecule has 2 heterocycles. The van der Waals surface area contributed by atoms with Crippen LogP contribution in [0, 0.1) is 5.92 Å². The van der Waals surface area contributed by atoms with E-state index in [0.717, 1.165) is 48.2 Å². The minimum Gasteiger partial charge on any atom is -0.492 e. The van der Waals surface area contributed by atoms with Crippen LogP contribution in [-0.2, 0) is 32.5 Å². The van der Waals surface area contributed by atoms with Gasteiger partial charge in [-0.2, -0.15) is 5.10 Å². The Kier molecular flexibility index (Phi) is 12.5. The SMILES string of the molecule is CCC(=NCC(CCc1cccc(C2=NC=C(OCCCCC(=O)OC(C)(C)C)C=CC2)c1)C(C)=O)c1cnn(C)c1. The second-order valence-corrected chi connectivity index (χ2v) is 11.7. The van der Waals surface area contributed by atoms with Crippen LogP contribution in [0.5, 0.6) is 0 Å². The third-order valence-electron chi connectivity index (χ3n) is 6.90. The number of carbonyl (C=O) groups excluding carboxylic acids is 2. The summed E-state index contributed by atoms with van der Waals surface area (Å²) in [5, 5.41) is 4.24. The van der Waals surface area contributed by atoms with Crippen LogP contribution in [0.4, 0.5) is 0 Å². The lowest BCUT2D eigenvalue weighted by atomic mass is 9.94. The van der Waals surface area contributed by atoms with Gasteiger partial charge in [0.15, 0.2) is 0 Å². The molecule has 1 aliphatic heterocycles. The van der Waals surface area contributed by atoms with E-state index in [9.17, 15) is 9.59 Å². The van der Waals surface area contributed by atoms with E-state index in [2.05, 4.69) is 36.3 Å². The number of rotatable bonds is 15. The zero-order valence-electron chi connectivity index (χ0n) is 26.1. The van der Waals surface area contributed by atoms with Crippen LogP contribution in [-0.4, -0.2) is 51.7 Å². The largest absolute Gasteiger partial charge is 0.492 e. The Labute approximate surface area is 250 Å². The number of ketones is 1. The van der Waals surface area contributed by atoms with Gasteiger partial charge in [-0.3, -0.25) is 24.3 Å². The number of aryl methyl sites for hydroxylation is 2. The molecule has 1 aliphatic rings. The molecule has 0 amide bonds. The van der Waals surface area contributed by atoms with Crippen molar-refractivity contribution in [2.75, 3.05) is 13.2 Å². The van der Waals surface area contributed by atoms with E-state index in [1.807, 2.05) is 52.4 Å². The Morgan fingerprint density at radius 2 is 2.00 bits per heavy atom. The molecule has 1 atom stereocenters. The van der Waals surface area contributed by atoms with Gasteiger partial charge >= 0.3 is 5.97 Å². The molecule has 0 aliphatic carbocycles. The topological polar surface area (TPSA) is 95.1 Å². The fraction of sp³-hybridized carbons (Fsp3) is 0.500. The standard InChI is InChI=1S/C34H46N4O4/c1-7-31(29-22-37-38(6)24-29)35-21-28(25(2)39)18-17-26-12-10-13-27(20-26)32-15-11-14-30(23-36-32)41-19-9-8-16-33(40)42-34(3,4)5/h10-14,20,22-24,28H,7-9,15-19,21H2,1-6H3. The summed E-state index contributed by atoms with van der Waals surface area (Å²) in [6.07, 6.45) is 14.4. The van der Waals surface area contributed by atoms with Crippen molar-refractivity contribution in [2.45, 2.75) is 85.2 Å². The van der Waals surface area contributed by atoms with Crippen molar-refractivity contribution in [2.24, 2.45) is 23.0 Å². The van der Waals surface area contributed by atoms with E-state index >= 15 is 0 Å². The van der Waals surface area contributed by atoms with Crippen LogP contribution in [0.2, 0.25) is 0 Å². The van der Waals surface area contributed by atoms with E-state index < -0.39 is 5.60 Å². The predicted octanol–water partition coefficient (Wildman–Crippen LogP) is 6.58. The van der Waals surface area contributed by atoms with Crippen molar-refractivity contribution in [3.63, 3.8) is 0 Å². The van der Waals surface area contributed by atoms with Gasteiger partial charge in [-0.15, -0.1) is 0 Å². The van der Waals surface area contributed by atoms with Crippen molar-refractivity contribution in [1.82, 2.24) is 9.78 Å². The smallest absolute Gasteiger partial charge is 0.306 e. The van der Waals surface area contributed by atoms with Gasteiger partial charge in [0.1, 0.15) is 17.1 Å². The number of carbonyl (C=O) groups is 2. The Bertz CT molecular complexity index is 1330. The predicted molar refractivity (Wildman–Crippen MR) is 168 cm³/mol. The van der Waals surface area contributed by atoms with E-state index in [1.165, 1.54) is 5.56 Å². The van der Waals surface area contributed by atoms with Crippen LogP contribution >= 0.6 is 0 Å². The molecule has 1 aromatic heterocycles. The molecule has 3 rings (SSSR count). The monoisotopic (exact) mass is 574 g/mol. The van der Waals surface area contributed by atoms with Gasteiger partial charge in [-0.25, -0.2) is 0 Å². The average molecular weight is 575 g/mol. The van der Waals surface area contributed by atoms with Crippen LogP contribution in [0.3, 0.4) is 0 Å². The lowest BCUT2D eigenvalue weighted by Gasteiger charge is -2.19. The fourth-order valence-electron chi connectivity index (χ4n) is 4.62. The average Bonchev–Trinajstić information content (AvgIpc) is 3.22. The third kappa shape index (κ3) is 11.2. The quantitative estimate of drug-likeness (QED) is 0.136. The molecule has 0 saturated heterocycles. The maximum Gasteiger partial charge on any atom is 0.306 e. The highest BCUT2D eigenvalue weighted by molar-refractivity contribution is 6.02. The number of Topliss-reactive ketones (excluding diaryl/α,β-unsaturated/α-hetero) is 1. The summed E-state index contributed by atoms with van der Waals surface area (Å²) in [7, 11) is 1.89. The van der Waals surface area contributed by atoms with E-state index in [4.69, 9.17) is 19.5 Å². The minimum absolute atomic E-state index is 0.128. The molecule has 8 nitrogen and oxygen atoms in total. The molecule has 0 N–H and O–H groups in total. The number of benzene rings is 1. The highest BCUT2D eigenvalue weighted by Gasteiger charge is 2.17. The summed E-state index contributed by atoms with van der Waals surface area (Å²) in [6.45, 7) is 10.4. The Morgan fingerprint density at radius 1 is 1.19 bits per heavy atom. The number of ether oxygens (including phenoxy) is 2. The third-order valence-corrected chi connectivity index (χ3v) is 6.90. The maximum atomic E-state index is 12.4. The van der Waals surface area contributed by atoms with Gasteiger partial charge in [-0.05, 0) is 83.1 Å². The molecule has 1 unspecified atom stereocenters. The summed E-state index contributed by atoms with van der Waals surface area (Å²) < 4.78 is 13.0. The maximum absolute atomic E-state index is 12.4. The molecular weight excluding hydrogens is 528 g/mol. The van der Waals surface area contributed by atoms with Crippen LogP contribution in [0.1, 0.15) is 89.8 Å². The van der Waals surface area contributed by atoms with E-state index in [0.29, 0.717) is 38.2 Å². The molecule has 226 valence electrons. The zero-order chi connectivity index (χ0) is 30.5. The first-order valence-electron chi connectivity index (χ1n) is 14.9. The van der Waals surface area contributed by atoms with E-state index in [-0.39, 0.29) is 17.7 Å². The first-order valence-corrected chi connectivity index (χ1v) is 14.9. The molecule has 2 aromatic rings. The Morgan fingerprint density at radius 3 is 2.69 bits per heavy atom. The first-order chi connectivity index (χ1) is 20.0. The Hall–Kier alpha value is -3.81. The van der Waals surface area contributed by atoms with E-state index in [1.54, 1.807) is 17.8 Å². The lowest BCUT2D eigenvalue weighted by Crippen LogP contribution is -2.23. The molecule has 42 heavy (non-hydrogen) atoms. The normalized spacial score (nSPS) is 14.6. The molecule has 0 bridgehead atoms. The van der Waals surface area contributed by atoms with Gasteiger partial charge in [0.25, 0.3) is 0 Å². The summed E-state index contributed by atoms with van der Waals surface area (Å²) in [4.78, 5) is 33.8. The molecule has 0 fully saturated rings. The van der Waals surface area contributed by atoms with Crippen molar-refractivity contribution in [3.05, 3.63) is 77.5 Å². The molecule has 0 saturated carbocycles. The molecule has 1 aromatic carbocycles. The summed E-state index contributed by atoms with van der Waals surface area (Å²) in [5.74, 6) is 0.569. The number of aromatic nitrogens is 2. The Balaban J connectivity index is 1.53. The number of unbranched alkanes of at least 4 members (excludes halogenated alkanes) is 1. The van der Waals surface area contributed by atoms with Gasteiger partial charge in [-0.1, -0.05) is 31.2 Å². The summed E-state index contributed by atoms with van der Waals surface area (Å²) >= 11 is 0. The number of nitrogens with zero attached hydrogens (tertiary/aromatic N) is 4. The van der Waals surface area contributed by atoms with Crippen LogP contribution in [0.25, 0.3) is 0 Å². The second-order valence-electron chi connectivity index (χ2n) is 11.7. The van der Waals surface area contributed by atoms with Crippen LogP contribution < -0.4 is 0 Å². The number of allylic oxidation sites excluding steroid dienone is 2. The van der Waals surface area contributed by atoms with Crippen molar-refractivity contribution >= 4 is 23.2 Å². The molecule has 0 radical (unpaired) electrons. The zero-order valence-corrected chi connectivity index (χ0v) is 26.1. The van der Waals surface area contributed by atoms with Crippen molar-refractivity contribution in [1.29, 1.82) is 0 Å². The number of aliphatic imine (C=N–C) groups is 2. The molecule has 0 spiro atoms. The van der Waals surface area contributed by atoms with Crippen molar-refractivity contribution < 1.29 is 19.1 Å². The highest BCUT2D eigenvalue weighted by atomic mass is 16.6. The molecular formula is C34H46N4O4. The van der Waals surface area contributed by atoms with Gasteiger partial charge in [0, 0.05) is 49.8 Å². The highest BCUT2D eigenvalue weighted by Crippen LogP contribution is 2.18. The summed E-state index contributed by atoms with van der Waals surface area (Å²) in [6, 6.07) is 8.38. The fourth-order valence-corrected chi connectivity index (χ4v) is 4.62. The number of hydrogen-bond donors (Lipinski definition) is 0. The van der Waals surface area contributed by atoms with Crippen molar-refractivity contribution in [3.8, 4) is 0 Å². The second kappa shape index (κ2) is 16.0. The summed E-state index contributed by atoms with van der Waals surface area (Å²) in [5.41, 5.74) is 4.74. The molecule has 8 heteroatoms. The van der Waals surface area contributed by atoms with Gasteiger partial charge in [0.05, 0.1) is 24.7 Å². The number of esters is 1. The minimum atomic E-state index is -0.454. The lowest BCUT2D eigenvalue weighted by molar-refractivity contribution is -0.155. The first kappa shape index (κ1) is 32.7. The van der Waals surface area contributed by atoms with Gasteiger partial charge in [0.2, 0.25) is 0 Å².